The second-order valence-corrected chi connectivity index (χ2v) is 9.64. The average molecular weight is 455 g/mol. The molecule has 0 unspecified atom stereocenters. The van der Waals surface area contributed by atoms with Gasteiger partial charge in [-0.3, -0.25) is 4.79 Å². The van der Waals surface area contributed by atoms with Crippen molar-refractivity contribution in [3.05, 3.63) is 64.1 Å². The molecule has 3 aromatic rings. The summed E-state index contributed by atoms with van der Waals surface area (Å²) in [6.07, 6.45) is -4.92. The second kappa shape index (κ2) is 7.08. The molecule has 4 rings (SSSR count). The number of benzene rings is 2. The molecule has 0 spiro atoms. The molecule has 0 atom stereocenters. The van der Waals surface area contributed by atoms with E-state index in [1.807, 2.05) is 0 Å². The lowest BCUT2D eigenvalue weighted by Crippen LogP contribution is -2.12. The van der Waals surface area contributed by atoms with Crippen molar-refractivity contribution < 1.29 is 35.9 Å². The van der Waals surface area contributed by atoms with E-state index in [1.54, 1.807) is 6.92 Å². The van der Waals surface area contributed by atoms with Crippen molar-refractivity contribution in [3.63, 3.8) is 0 Å². The van der Waals surface area contributed by atoms with Gasteiger partial charge in [-0.15, -0.1) is 0 Å². The molecular formula is C21H17F4NO4S. The normalized spacial score (nSPS) is 15.4. The summed E-state index contributed by atoms with van der Waals surface area (Å²) in [5.74, 6) is -1.99. The van der Waals surface area contributed by atoms with Gasteiger partial charge in [0, 0.05) is 23.0 Å². The van der Waals surface area contributed by atoms with E-state index in [-0.39, 0.29) is 29.1 Å². The number of hydrogen-bond donors (Lipinski definition) is 1. The van der Waals surface area contributed by atoms with Crippen LogP contribution in [0.4, 0.5) is 17.6 Å². The van der Waals surface area contributed by atoms with Crippen LogP contribution in [0.5, 0.6) is 0 Å². The van der Waals surface area contributed by atoms with Crippen LogP contribution in [0.2, 0.25) is 0 Å². The number of nitrogens with zero attached hydrogens (tertiary/aromatic N) is 1. The molecule has 2 heterocycles. The third-order valence-corrected chi connectivity index (χ3v) is 7.44. The van der Waals surface area contributed by atoms with E-state index in [0.29, 0.717) is 33.8 Å². The van der Waals surface area contributed by atoms with E-state index in [0.717, 1.165) is 6.07 Å². The number of aliphatic carboxylic acids is 1. The number of sulfone groups is 1. The molecule has 0 amide bonds. The Bertz CT molecular complexity index is 1340. The maximum absolute atomic E-state index is 13.9. The largest absolute Gasteiger partial charge is 0.480 e. The van der Waals surface area contributed by atoms with Crippen LogP contribution in [-0.4, -0.2) is 29.8 Å². The number of carboxylic acids is 1. The second-order valence-electron chi connectivity index (χ2n) is 7.57. The number of carboxylic acid groups (broad SMARTS) is 1. The fourth-order valence-electron chi connectivity index (χ4n) is 4.20. The predicted molar refractivity (Wildman–Crippen MR) is 104 cm³/mol. The van der Waals surface area contributed by atoms with Crippen LogP contribution in [0.3, 0.4) is 0 Å². The third-order valence-electron chi connectivity index (χ3n) is 5.64. The lowest BCUT2D eigenvalue weighted by Gasteiger charge is -2.15. The number of hydrogen-bond acceptors (Lipinski definition) is 3. The van der Waals surface area contributed by atoms with E-state index in [2.05, 4.69) is 0 Å². The van der Waals surface area contributed by atoms with Crippen molar-refractivity contribution in [2.75, 3.05) is 5.75 Å². The van der Waals surface area contributed by atoms with E-state index >= 15 is 0 Å². The van der Waals surface area contributed by atoms with Gasteiger partial charge < -0.3 is 9.67 Å². The predicted octanol–water partition coefficient (Wildman–Crippen LogP) is 4.11. The van der Waals surface area contributed by atoms with Gasteiger partial charge in [-0.1, -0.05) is 6.07 Å². The number of halogens is 4. The number of fused-ring (bicyclic) bond motifs is 2. The Morgan fingerprint density at radius 2 is 1.90 bits per heavy atom. The Morgan fingerprint density at radius 3 is 2.55 bits per heavy atom. The van der Waals surface area contributed by atoms with E-state index in [9.17, 15) is 35.9 Å². The highest BCUT2D eigenvalue weighted by Crippen LogP contribution is 2.39. The monoisotopic (exact) mass is 455 g/mol. The van der Waals surface area contributed by atoms with Crippen molar-refractivity contribution in [3.8, 4) is 0 Å². The van der Waals surface area contributed by atoms with Crippen LogP contribution >= 0.6 is 0 Å². The summed E-state index contributed by atoms with van der Waals surface area (Å²) in [5.41, 5.74) is 0.290. The third kappa shape index (κ3) is 3.69. The van der Waals surface area contributed by atoms with Crippen molar-refractivity contribution >= 4 is 26.7 Å². The van der Waals surface area contributed by atoms with Crippen LogP contribution in [0.15, 0.2) is 35.2 Å². The Balaban J connectivity index is 1.93. The lowest BCUT2D eigenvalue weighted by molar-refractivity contribution is -0.138. The first-order valence-corrected chi connectivity index (χ1v) is 11.0. The summed E-state index contributed by atoms with van der Waals surface area (Å²) < 4.78 is 80.9. The molecule has 2 aromatic carbocycles. The number of alkyl halides is 3. The topological polar surface area (TPSA) is 76.4 Å². The summed E-state index contributed by atoms with van der Waals surface area (Å²) >= 11 is 0. The summed E-state index contributed by atoms with van der Waals surface area (Å²) in [6, 6.07) is 5.65. The fraction of sp³-hybridized carbons (Fsp3) is 0.286. The van der Waals surface area contributed by atoms with Gasteiger partial charge in [0.2, 0.25) is 0 Å². The van der Waals surface area contributed by atoms with Crippen molar-refractivity contribution in [1.29, 1.82) is 0 Å². The van der Waals surface area contributed by atoms with E-state index in [4.69, 9.17) is 0 Å². The fourth-order valence-corrected chi connectivity index (χ4v) is 5.77. The zero-order valence-corrected chi connectivity index (χ0v) is 17.1. The van der Waals surface area contributed by atoms with Crippen LogP contribution in [0.1, 0.15) is 27.9 Å². The number of aryl methyl sites for hydroxylation is 1. The molecule has 0 fully saturated rings. The molecule has 0 saturated carbocycles. The smallest absolute Gasteiger partial charge is 0.416 e. The molecule has 1 aliphatic rings. The van der Waals surface area contributed by atoms with Gasteiger partial charge in [0.1, 0.15) is 12.4 Å². The van der Waals surface area contributed by atoms with Crippen LogP contribution < -0.4 is 0 Å². The summed E-state index contributed by atoms with van der Waals surface area (Å²) in [4.78, 5) is 11.0. The Morgan fingerprint density at radius 1 is 1.19 bits per heavy atom. The first kappa shape index (κ1) is 21.4. The molecule has 0 bridgehead atoms. The van der Waals surface area contributed by atoms with Crippen molar-refractivity contribution in [1.82, 2.24) is 4.57 Å². The molecule has 10 heteroatoms. The minimum absolute atomic E-state index is 0.122. The van der Waals surface area contributed by atoms with Crippen molar-refractivity contribution in [2.24, 2.45) is 0 Å². The van der Waals surface area contributed by atoms with Crippen LogP contribution in [0.25, 0.3) is 10.9 Å². The number of aromatic nitrogens is 1. The SMILES string of the molecule is Cc1c(Cc2cc3c(cc2C(F)(F)F)S(=O)(=O)CC3)c2cc(F)ccc2n1CC(=O)O. The molecule has 0 saturated heterocycles. The van der Waals surface area contributed by atoms with E-state index < -0.39 is 39.9 Å². The highest BCUT2D eigenvalue weighted by atomic mass is 32.2. The van der Waals surface area contributed by atoms with Crippen molar-refractivity contribution in [2.45, 2.75) is 37.4 Å². The van der Waals surface area contributed by atoms with Gasteiger partial charge in [0.25, 0.3) is 0 Å². The number of rotatable bonds is 4. The van der Waals surface area contributed by atoms with Gasteiger partial charge in [0.05, 0.1) is 16.2 Å². The Labute approximate surface area is 174 Å². The maximum atomic E-state index is 13.9. The zero-order chi connectivity index (χ0) is 22.7. The zero-order valence-electron chi connectivity index (χ0n) is 16.3. The summed E-state index contributed by atoms with van der Waals surface area (Å²) in [5, 5.41) is 9.53. The van der Waals surface area contributed by atoms with Crippen LogP contribution in [0, 0.1) is 12.7 Å². The lowest BCUT2D eigenvalue weighted by atomic mass is 9.95. The molecule has 1 aromatic heterocycles. The van der Waals surface area contributed by atoms with Gasteiger partial charge in [-0.25, -0.2) is 12.8 Å². The van der Waals surface area contributed by atoms with Gasteiger partial charge >= 0.3 is 12.1 Å². The van der Waals surface area contributed by atoms with Gasteiger partial charge in [0.15, 0.2) is 9.84 Å². The highest BCUT2D eigenvalue weighted by Gasteiger charge is 2.38. The molecule has 0 radical (unpaired) electrons. The molecule has 1 N–H and O–H groups in total. The summed E-state index contributed by atoms with van der Waals surface area (Å²) in [7, 11) is -3.75. The van der Waals surface area contributed by atoms with E-state index in [1.165, 1.54) is 22.8 Å². The van der Waals surface area contributed by atoms with Crippen LogP contribution in [-0.2, 0) is 40.2 Å². The van der Waals surface area contributed by atoms with Gasteiger partial charge in [-0.05, 0) is 54.3 Å². The minimum Gasteiger partial charge on any atom is -0.480 e. The molecule has 5 nitrogen and oxygen atoms in total. The molecule has 1 aliphatic heterocycles. The molecule has 31 heavy (non-hydrogen) atoms. The molecular weight excluding hydrogens is 438 g/mol. The Hall–Kier alpha value is -2.88. The van der Waals surface area contributed by atoms with Gasteiger partial charge in [-0.2, -0.15) is 13.2 Å². The summed E-state index contributed by atoms with van der Waals surface area (Å²) in [6.45, 7) is 1.14. The molecule has 0 aliphatic carbocycles. The highest BCUT2D eigenvalue weighted by molar-refractivity contribution is 7.91. The standard InChI is InChI=1S/C21H17F4NO4S/c1-11-15(16-8-14(22)2-3-18(16)26(11)10-20(27)28)7-13-6-12-4-5-31(29,30)19(12)9-17(13)21(23,24)25/h2-3,6,8-9H,4-5,7,10H2,1H3,(H,27,28). The quantitative estimate of drug-likeness (QED) is 0.601. The average Bonchev–Trinajstić information content (AvgIpc) is 3.08. The maximum Gasteiger partial charge on any atom is 0.416 e. The number of carbonyl (C=O) groups is 1. The first-order chi connectivity index (χ1) is 14.4. The first-order valence-electron chi connectivity index (χ1n) is 9.33. The minimum atomic E-state index is -4.79. The Kier molecular flexibility index (Phi) is 4.88. The molecule has 164 valence electrons.